The maximum absolute atomic E-state index is 12.6. The van der Waals surface area contributed by atoms with E-state index >= 15 is 0 Å². The first-order valence-corrected chi connectivity index (χ1v) is 9.90. The van der Waals surface area contributed by atoms with Crippen LogP contribution in [-0.2, 0) is 0 Å². The van der Waals surface area contributed by atoms with Crippen LogP contribution in [0.1, 0.15) is 20.0 Å². The van der Waals surface area contributed by atoms with Gasteiger partial charge in [0.25, 0.3) is 11.8 Å². The summed E-state index contributed by atoms with van der Waals surface area (Å²) in [4.78, 5) is 29.4. The highest BCUT2D eigenvalue weighted by molar-refractivity contribution is 9.10. The van der Waals surface area contributed by atoms with E-state index in [1.165, 1.54) is 11.3 Å². The zero-order chi connectivity index (χ0) is 17.6. The van der Waals surface area contributed by atoms with Crippen molar-refractivity contribution >= 4 is 39.1 Å². The fourth-order valence-corrected chi connectivity index (χ4v) is 3.90. The first-order chi connectivity index (χ1) is 12.1. The highest BCUT2D eigenvalue weighted by Gasteiger charge is 2.23. The van der Waals surface area contributed by atoms with Crippen LogP contribution in [-0.4, -0.2) is 60.9 Å². The molecule has 25 heavy (non-hydrogen) atoms. The number of carbonyl (C=O) groups is 2. The second kappa shape index (κ2) is 8.60. The molecular weight excluding hydrogens is 402 g/mol. The van der Waals surface area contributed by atoms with E-state index < -0.39 is 0 Å². The molecule has 2 aromatic rings. The molecule has 1 aliphatic rings. The third-order valence-electron chi connectivity index (χ3n) is 4.22. The molecule has 0 spiro atoms. The Hall–Kier alpha value is -1.70. The quantitative estimate of drug-likeness (QED) is 0.807. The van der Waals surface area contributed by atoms with E-state index in [0.29, 0.717) is 25.2 Å². The number of hydrogen-bond acceptors (Lipinski definition) is 4. The fraction of sp³-hybridized carbons (Fsp3) is 0.333. The van der Waals surface area contributed by atoms with Gasteiger partial charge in [-0.3, -0.25) is 14.5 Å². The molecule has 1 N–H and O–H groups in total. The maximum atomic E-state index is 12.6. The number of hydrogen-bond donors (Lipinski definition) is 1. The normalized spacial score (nSPS) is 15.2. The first-order valence-electron chi connectivity index (χ1n) is 8.23. The fourth-order valence-electron chi connectivity index (χ4n) is 2.80. The predicted octanol–water partition coefficient (Wildman–Crippen LogP) is 2.70. The molecule has 1 aliphatic heterocycles. The standard InChI is InChI=1S/C18H20BrN3O2S/c19-15-5-2-1-4-14(15)18(24)22-11-9-21(10-12-22)8-7-20-17(23)16-6-3-13-25-16/h1-6,13H,7-12H2,(H,20,23). The van der Waals surface area contributed by atoms with Gasteiger partial charge in [0.15, 0.2) is 0 Å². The van der Waals surface area contributed by atoms with Gasteiger partial charge in [0.2, 0.25) is 0 Å². The molecular formula is C18H20BrN3O2S. The predicted molar refractivity (Wildman–Crippen MR) is 103 cm³/mol. The smallest absolute Gasteiger partial charge is 0.261 e. The molecule has 1 fully saturated rings. The topological polar surface area (TPSA) is 52.7 Å². The van der Waals surface area contributed by atoms with Crippen molar-refractivity contribution in [3.8, 4) is 0 Å². The van der Waals surface area contributed by atoms with Crippen molar-refractivity contribution in [1.82, 2.24) is 15.1 Å². The van der Waals surface area contributed by atoms with Crippen LogP contribution in [0.5, 0.6) is 0 Å². The van der Waals surface area contributed by atoms with Gasteiger partial charge in [-0.25, -0.2) is 0 Å². The summed E-state index contributed by atoms with van der Waals surface area (Å²) in [5.74, 6) is 0.0517. The number of amides is 2. The molecule has 0 radical (unpaired) electrons. The minimum absolute atomic E-state index is 0.0160. The summed E-state index contributed by atoms with van der Waals surface area (Å²) < 4.78 is 0.832. The number of nitrogens with one attached hydrogen (secondary N) is 1. The second-order valence-electron chi connectivity index (χ2n) is 5.85. The zero-order valence-electron chi connectivity index (χ0n) is 13.8. The Morgan fingerprint density at radius 3 is 2.52 bits per heavy atom. The van der Waals surface area contributed by atoms with E-state index in [-0.39, 0.29) is 11.8 Å². The van der Waals surface area contributed by atoms with Crippen LogP contribution in [0.2, 0.25) is 0 Å². The van der Waals surface area contributed by atoms with E-state index in [9.17, 15) is 9.59 Å². The van der Waals surface area contributed by atoms with Crippen LogP contribution in [0.25, 0.3) is 0 Å². The molecule has 132 valence electrons. The van der Waals surface area contributed by atoms with Gasteiger partial charge in [-0.05, 0) is 39.5 Å². The van der Waals surface area contributed by atoms with Gasteiger partial charge >= 0.3 is 0 Å². The van der Waals surface area contributed by atoms with Crippen LogP contribution in [0.4, 0.5) is 0 Å². The van der Waals surface area contributed by atoms with Crippen LogP contribution < -0.4 is 5.32 Å². The number of thiophene rings is 1. The summed E-state index contributed by atoms with van der Waals surface area (Å²) in [6.45, 7) is 4.48. The van der Waals surface area contributed by atoms with Crippen molar-refractivity contribution in [2.24, 2.45) is 0 Å². The Kier molecular flexibility index (Phi) is 6.23. The van der Waals surface area contributed by atoms with Gasteiger partial charge in [-0.15, -0.1) is 11.3 Å². The molecule has 0 unspecified atom stereocenters. The van der Waals surface area contributed by atoms with Crippen LogP contribution in [0.15, 0.2) is 46.3 Å². The summed E-state index contributed by atoms with van der Waals surface area (Å²) in [6.07, 6.45) is 0. The Morgan fingerprint density at radius 1 is 1.08 bits per heavy atom. The molecule has 7 heteroatoms. The van der Waals surface area contributed by atoms with Gasteiger partial charge < -0.3 is 10.2 Å². The van der Waals surface area contributed by atoms with Gasteiger partial charge in [0.05, 0.1) is 10.4 Å². The van der Waals surface area contributed by atoms with Crippen molar-refractivity contribution < 1.29 is 9.59 Å². The zero-order valence-corrected chi connectivity index (χ0v) is 16.2. The first kappa shape index (κ1) is 18.1. The Labute approximate surface area is 159 Å². The van der Waals surface area contributed by atoms with E-state index in [0.717, 1.165) is 29.0 Å². The van der Waals surface area contributed by atoms with Gasteiger partial charge in [0.1, 0.15) is 0 Å². The summed E-state index contributed by atoms with van der Waals surface area (Å²) in [5.41, 5.74) is 0.708. The maximum Gasteiger partial charge on any atom is 0.261 e. The molecule has 2 amide bonds. The van der Waals surface area contributed by atoms with E-state index in [1.807, 2.05) is 46.7 Å². The van der Waals surface area contributed by atoms with Crippen molar-refractivity contribution in [2.75, 3.05) is 39.3 Å². The lowest BCUT2D eigenvalue weighted by molar-refractivity contribution is 0.0637. The number of nitrogens with zero attached hydrogens (tertiary/aromatic N) is 2. The molecule has 0 atom stereocenters. The number of rotatable bonds is 5. The Bertz CT molecular complexity index is 728. The van der Waals surface area contributed by atoms with Crippen molar-refractivity contribution in [3.63, 3.8) is 0 Å². The average molecular weight is 422 g/mol. The summed E-state index contributed by atoms with van der Waals surface area (Å²) in [7, 11) is 0. The molecule has 2 heterocycles. The molecule has 0 saturated carbocycles. The summed E-state index contributed by atoms with van der Waals surface area (Å²) >= 11 is 4.89. The number of carbonyl (C=O) groups excluding carboxylic acids is 2. The Balaban J connectivity index is 1.42. The Morgan fingerprint density at radius 2 is 1.84 bits per heavy atom. The van der Waals surface area contributed by atoms with Gasteiger partial charge in [-0.1, -0.05) is 18.2 Å². The van der Waals surface area contributed by atoms with E-state index in [1.54, 1.807) is 0 Å². The molecule has 1 saturated heterocycles. The van der Waals surface area contributed by atoms with Crippen molar-refractivity contribution in [3.05, 3.63) is 56.7 Å². The van der Waals surface area contributed by atoms with Crippen LogP contribution >= 0.6 is 27.3 Å². The minimum atomic E-state index is -0.0160. The molecule has 5 nitrogen and oxygen atoms in total. The van der Waals surface area contributed by atoms with Crippen LogP contribution in [0.3, 0.4) is 0 Å². The van der Waals surface area contributed by atoms with E-state index in [2.05, 4.69) is 26.1 Å². The lowest BCUT2D eigenvalue weighted by atomic mass is 10.2. The molecule has 1 aromatic heterocycles. The van der Waals surface area contributed by atoms with Gasteiger partial charge in [-0.2, -0.15) is 0 Å². The van der Waals surface area contributed by atoms with Crippen molar-refractivity contribution in [1.29, 1.82) is 0 Å². The highest BCUT2D eigenvalue weighted by atomic mass is 79.9. The van der Waals surface area contributed by atoms with E-state index in [4.69, 9.17) is 0 Å². The molecule has 0 aliphatic carbocycles. The minimum Gasteiger partial charge on any atom is -0.350 e. The summed E-state index contributed by atoms with van der Waals surface area (Å²) in [5, 5.41) is 4.84. The highest BCUT2D eigenvalue weighted by Crippen LogP contribution is 2.18. The number of piperazine rings is 1. The number of benzene rings is 1. The largest absolute Gasteiger partial charge is 0.350 e. The number of halogens is 1. The lowest BCUT2D eigenvalue weighted by Crippen LogP contribution is -2.50. The SMILES string of the molecule is O=C(NCCN1CCN(C(=O)c2ccccc2Br)CC1)c1cccs1. The monoisotopic (exact) mass is 421 g/mol. The third kappa shape index (κ3) is 4.68. The second-order valence-corrected chi connectivity index (χ2v) is 7.65. The molecule has 3 rings (SSSR count). The summed E-state index contributed by atoms with van der Waals surface area (Å²) in [6, 6.07) is 11.2. The lowest BCUT2D eigenvalue weighted by Gasteiger charge is -2.34. The van der Waals surface area contributed by atoms with Gasteiger partial charge in [0, 0.05) is 43.7 Å². The molecule has 1 aromatic carbocycles. The molecule has 0 bridgehead atoms. The third-order valence-corrected chi connectivity index (χ3v) is 5.78. The van der Waals surface area contributed by atoms with Crippen LogP contribution in [0, 0.1) is 0 Å². The average Bonchev–Trinajstić information content (AvgIpc) is 3.17. The van der Waals surface area contributed by atoms with Crippen molar-refractivity contribution in [2.45, 2.75) is 0 Å².